The summed E-state index contributed by atoms with van der Waals surface area (Å²) >= 11 is 3.13. The van der Waals surface area contributed by atoms with Crippen LogP contribution in [0.5, 0.6) is 0 Å². The molecule has 1 atom stereocenters. The highest BCUT2D eigenvalue weighted by atomic mass is 79.9. The topological polar surface area (TPSA) is 75.5 Å². The minimum absolute atomic E-state index is 0.0546. The van der Waals surface area contributed by atoms with Crippen LogP contribution in [0.2, 0.25) is 0 Å². The van der Waals surface area contributed by atoms with Gasteiger partial charge in [0.05, 0.1) is 9.40 Å². The smallest absolute Gasteiger partial charge is 0.284 e. The number of nitrogens with one attached hydrogen (secondary N) is 1. The number of amides is 1. The zero-order chi connectivity index (χ0) is 17.8. The first-order valence-electron chi connectivity index (χ1n) is 8.04. The van der Waals surface area contributed by atoms with Crippen LogP contribution < -0.4 is 5.32 Å². The zero-order valence-corrected chi connectivity index (χ0v) is 15.1. The van der Waals surface area contributed by atoms with Crippen LogP contribution in [0.15, 0.2) is 53.0 Å². The van der Waals surface area contributed by atoms with Crippen LogP contribution in [-0.4, -0.2) is 34.9 Å². The molecule has 3 rings (SSSR count). The van der Waals surface area contributed by atoms with E-state index in [1.165, 1.54) is 17.7 Å². The van der Waals surface area contributed by atoms with E-state index < -0.39 is 4.92 Å². The average molecular weight is 404 g/mol. The Balaban J connectivity index is 1.59. The van der Waals surface area contributed by atoms with Gasteiger partial charge in [-0.3, -0.25) is 19.8 Å². The molecule has 1 aliphatic heterocycles. The number of hydrogen-bond acceptors (Lipinski definition) is 4. The van der Waals surface area contributed by atoms with Crippen LogP contribution >= 0.6 is 15.9 Å². The van der Waals surface area contributed by atoms with Gasteiger partial charge in [-0.15, -0.1) is 0 Å². The number of benzene rings is 2. The predicted octanol–water partition coefficient (Wildman–Crippen LogP) is 3.36. The van der Waals surface area contributed by atoms with Crippen molar-refractivity contribution in [3.8, 4) is 0 Å². The van der Waals surface area contributed by atoms with Gasteiger partial charge in [0.25, 0.3) is 11.6 Å². The van der Waals surface area contributed by atoms with E-state index >= 15 is 0 Å². The van der Waals surface area contributed by atoms with Gasteiger partial charge in [0.2, 0.25) is 0 Å². The Labute approximate surface area is 154 Å². The molecule has 2 aromatic carbocycles. The van der Waals surface area contributed by atoms with Crippen LogP contribution in [0.1, 0.15) is 22.3 Å². The van der Waals surface area contributed by atoms with E-state index in [-0.39, 0.29) is 17.6 Å². The molecule has 1 unspecified atom stereocenters. The maximum Gasteiger partial charge on any atom is 0.284 e. The molecular weight excluding hydrogens is 386 g/mol. The Bertz CT molecular complexity index is 782. The lowest BCUT2D eigenvalue weighted by atomic mass is 10.1. The summed E-state index contributed by atoms with van der Waals surface area (Å²) in [5.74, 6) is -0.276. The second kappa shape index (κ2) is 7.76. The van der Waals surface area contributed by atoms with E-state index in [2.05, 4.69) is 38.3 Å². The molecule has 1 saturated heterocycles. The van der Waals surface area contributed by atoms with Crippen molar-refractivity contribution < 1.29 is 9.72 Å². The maximum atomic E-state index is 12.4. The van der Waals surface area contributed by atoms with Crippen LogP contribution in [0.4, 0.5) is 5.69 Å². The molecule has 1 heterocycles. The zero-order valence-electron chi connectivity index (χ0n) is 13.5. The molecule has 25 heavy (non-hydrogen) atoms. The number of hydrogen-bond donors (Lipinski definition) is 1. The van der Waals surface area contributed by atoms with Crippen molar-refractivity contribution in [3.63, 3.8) is 0 Å². The fourth-order valence-corrected chi connectivity index (χ4v) is 3.39. The van der Waals surface area contributed by atoms with Gasteiger partial charge in [-0.25, -0.2) is 0 Å². The number of rotatable bonds is 5. The Hall–Kier alpha value is -2.25. The quantitative estimate of drug-likeness (QED) is 0.613. The SMILES string of the molecule is O=C(NC1CCN(Cc2ccccc2)C1)c1ccc(Br)c([N+](=O)[O-])c1. The fraction of sp³-hybridized carbons (Fsp3) is 0.278. The summed E-state index contributed by atoms with van der Waals surface area (Å²) in [6.07, 6.45) is 0.872. The van der Waals surface area contributed by atoms with Crippen molar-refractivity contribution >= 4 is 27.5 Å². The van der Waals surface area contributed by atoms with Gasteiger partial charge in [-0.1, -0.05) is 30.3 Å². The van der Waals surface area contributed by atoms with Crippen molar-refractivity contribution in [3.05, 3.63) is 74.2 Å². The van der Waals surface area contributed by atoms with Crippen molar-refractivity contribution in [2.24, 2.45) is 0 Å². The third-order valence-corrected chi connectivity index (χ3v) is 4.93. The first-order valence-corrected chi connectivity index (χ1v) is 8.83. The number of likely N-dealkylation sites (tertiary alicyclic amines) is 1. The Morgan fingerprint density at radius 1 is 1.28 bits per heavy atom. The summed E-state index contributed by atoms with van der Waals surface area (Å²) in [6.45, 7) is 2.55. The van der Waals surface area contributed by atoms with E-state index in [9.17, 15) is 14.9 Å². The van der Waals surface area contributed by atoms with Crippen molar-refractivity contribution in [1.29, 1.82) is 0 Å². The lowest BCUT2D eigenvalue weighted by molar-refractivity contribution is -0.385. The van der Waals surface area contributed by atoms with Crippen LogP contribution in [0, 0.1) is 10.1 Å². The van der Waals surface area contributed by atoms with Gasteiger partial charge in [0, 0.05) is 37.3 Å². The molecule has 0 spiro atoms. The van der Waals surface area contributed by atoms with Crippen LogP contribution in [0.3, 0.4) is 0 Å². The Morgan fingerprint density at radius 3 is 2.76 bits per heavy atom. The monoisotopic (exact) mass is 403 g/mol. The molecule has 0 aromatic heterocycles. The number of carbonyl (C=O) groups excluding carboxylic acids is 1. The molecular formula is C18H18BrN3O3. The second-order valence-corrected chi connectivity index (χ2v) is 6.96. The largest absolute Gasteiger partial charge is 0.348 e. The van der Waals surface area contributed by atoms with Gasteiger partial charge < -0.3 is 5.32 Å². The standard InChI is InChI=1S/C18H18BrN3O3/c19-16-7-6-14(10-17(16)22(24)25)18(23)20-15-8-9-21(12-15)11-13-4-2-1-3-5-13/h1-7,10,15H,8-9,11-12H2,(H,20,23). The molecule has 0 saturated carbocycles. The highest BCUT2D eigenvalue weighted by Gasteiger charge is 2.25. The third kappa shape index (κ3) is 4.43. The van der Waals surface area contributed by atoms with Gasteiger partial charge >= 0.3 is 0 Å². The highest BCUT2D eigenvalue weighted by Crippen LogP contribution is 2.25. The summed E-state index contributed by atoms with van der Waals surface area (Å²) in [4.78, 5) is 25.2. The molecule has 0 aliphatic carbocycles. The van der Waals surface area contributed by atoms with Gasteiger partial charge in [0.1, 0.15) is 0 Å². The van der Waals surface area contributed by atoms with E-state index in [1.807, 2.05) is 18.2 Å². The molecule has 1 fully saturated rings. The molecule has 130 valence electrons. The number of nitrogens with zero attached hydrogens (tertiary/aromatic N) is 2. The van der Waals surface area contributed by atoms with E-state index in [4.69, 9.17) is 0 Å². The Kier molecular flexibility index (Phi) is 5.45. The molecule has 6 nitrogen and oxygen atoms in total. The molecule has 1 amide bonds. The molecule has 7 heteroatoms. The third-order valence-electron chi connectivity index (χ3n) is 4.26. The van der Waals surface area contributed by atoms with Gasteiger partial charge in [-0.2, -0.15) is 0 Å². The second-order valence-electron chi connectivity index (χ2n) is 6.10. The Morgan fingerprint density at radius 2 is 2.04 bits per heavy atom. The first kappa shape index (κ1) is 17.6. The number of nitro benzene ring substituents is 1. The van der Waals surface area contributed by atoms with Gasteiger partial charge in [-0.05, 0) is 40.0 Å². The summed E-state index contributed by atoms with van der Waals surface area (Å²) in [7, 11) is 0. The van der Waals surface area contributed by atoms with Gasteiger partial charge in [0.15, 0.2) is 0 Å². The maximum absolute atomic E-state index is 12.4. The molecule has 0 bridgehead atoms. The molecule has 1 N–H and O–H groups in total. The lowest BCUT2D eigenvalue weighted by Crippen LogP contribution is -2.37. The lowest BCUT2D eigenvalue weighted by Gasteiger charge is -2.17. The minimum atomic E-state index is -0.502. The van der Waals surface area contributed by atoms with Crippen molar-refractivity contribution in [2.75, 3.05) is 13.1 Å². The number of nitro groups is 1. The summed E-state index contributed by atoms with van der Waals surface area (Å²) in [6, 6.07) is 14.7. The normalized spacial score (nSPS) is 17.4. The molecule has 1 aliphatic rings. The van der Waals surface area contributed by atoms with Crippen LogP contribution in [0.25, 0.3) is 0 Å². The summed E-state index contributed by atoms with van der Waals surface area (Å²) in [5.41, 5.74) is 1.44. The number of halogens is 1. The first-order chi connectivity index (χ1) is 12.0. The van der Waals surface area contributed by atoms with Crippen LogP contribution in [-0.2, 0) is 6.54 Å². The van der Waals surface area contributed by atoms with Crippen molar-refractivity contribution in [1.82, 2.24) is 10.2 Å². The summed E-state index contributed by atoms with van der Waals surface area (Å²) < 4.78 is 0.365. The predicted molar refractivity (Wildman–Crippen MR) is 98.4 cm³/mol. The van der Waals surface area contributed by atoms with E-state index in [0.29, 0.717) is 10.0 Å². The fourth-order valence-electron chi connectivity index (χ4n) is 3.00. The number of carbonyl (C=O) groups is 1. The molecule has 0 radical (unpaired) electrons. The summed E-state index contributed by atoms with van der Waals surface area (Å²) in [5, 5.41) is 14.0. The molecule has 2 aromatic rings. The van der Waals surface area contributed by atoms with E-state index in [1.54, 1.807) is 6.07 Å². The average Bonchev–Trinajstić information content (AvgIpc) is 3.02. The minimum Gasteiger partial charge on any atom is -0.348 e. The highest BCUT2D eigenvalue weighted by molar-refractivity contribution is 9.10. The van der Waals surface area contributed by atoms with Crippen molar-refractivity contribution in [2.45, 2.75) is 19.0 Å². The van der Waals surface area contributed by atoms with E-state index in [0.717, 1.165) is 26.1 Å².